The molecule has 0 aliphatic carbocycles. The van der Waals surface area contributed by atoms with Gasteiger partial charge in [0, 0.05) is 23.9 Å². The summed E-state index contributed by atoms with van der Waals surface area (Å²) < 4.78 is 0. The van der Waals surface area contributed by atoms with Crippen molar-refractivity contribution >= 4 is 28.6 Å². The lowest BCUT2D eigenvalue weighted by Gasteiger charge is -2.03. The first-order valence-electron chi connectivity index (χ1n) is 5.42. The number of benzene rings is 1. The third kappa shape index (κ3) is 5.06. The van der Waals surface area contributed by atoms with Crippen molar-refractivity contribution in [2.24, 2.45) is 0 Å². The van der Waals surface area contributed by atoms with E-state index in [0.717, 1.165) is 23.3 Å². The molecule has 0 saturated carbocycles. The van der Waals surface area contributed by atoms with Crippen LogP contribution in [-0.4, -0.2) is 16.0 Å². The molecule has 1 aromatic rings. The molecule has 3 nitrogen and oxygen atoms in total. The van der Waals surface area contributed by atoms with E-state index < -0.39 is 0 Å². The van der Waals surface area contributed by atoms with Gasteiger partial charge in [-0.2, -0.15) is 0 Å². The van der Waals surface area contributed by atoms with Gasteiger partial charge < -0.3 is 10.8 Å². The molecule has 0 saturated heterocycles. The van der Waals surface area contributed by atoms with Gasteiger partial charge in [0.25, 0.3) is 0 Å². The minimum absolute atomic E-state index is 0.0479. The van der Waals surface area contributed by atoms with Crippen LogP contribution >= 0.6 is 11.8 Å². The van der Waals surface area contributed by atoms with Crippen LogP contribution < -0.4 is 5.73 Å². The molecule has 0 fully saturated rings. The highest BCUT2D eigenvalue weighted by Crippen LogP contribution is 2.15. The van der Waals surface area contributed by atoms with Crippen LogP contribution in [0.5, 0.6) is 0 Å². The number of nitrogen functional groups attached to an aromatic ring is 1. The number of carbonyl (C=O) groups excluding carboxylic acids is 1. The molecule has 3 N–H and O–H groups in total. The van der Waals surface area contributed by atoms with Gasteiger partial charge in [-0.25, -0.2) is 0 Å². The summed E-state index contributed by atoms with van der Waals surface area (Å²) in [6.45, 7) is 1.52. The van der Waals surface area contributed by atoms with E-state index in [-0.39, 0.29) is 11.7 Å². The highest BCUT2D eigenvalue weighted by Gasteiger charge is 1.97. The van der Waals surface area contributed by atoms with E-state index in [1.807, 2.05) is 24.3 Å². The summed E-state index contributed by atoms with van der Waals surface area (Å²) in [7, 11) is 0. The number of anilines is 1. The van der Waals surface area contributed by atoms with Crippen LogP contribution in [0.2, 0.25) is 0 Å². The highest BCUT2D eigenvalue weighted by molar-refractivity contribution is 8.13. The fraction of sp³-hybridized carbons (Fsp3) is 0.308. The van der Waals surface area contributed by atoms with Crippen molar-refractivity contribution in [2.75, 3.05) is 11.5 Å². The summed E-state index contributed by atoms with van der Waals surface area (Å²) in [6.07, 6.45) is 4.84. The van der Waals surface area contributed by atoms with Crippen molar-refractivity contribution < 1.29 is 9.90 Å². The third-order valence-corrected chi connectivity index (χ3v) is 3.08. The van der Waals surface area contributed by atoms with Crippen molar-refractivity contribution in [1.29, 1.82) is 0 Å². The van der Waals surface area contributed by atoms with E-state index in [2.05, 4.69) is 0 Å². The van der Waals surface area contributed by atoms with Gasteiger partial charge in [-0.3, -0.25) is 4.79 Å². The van der Waals surface area contributed by atoms with Gasteiger partial charge in [-0.1, -0.05) is 30.0 Å². The Bertz CT molecular complexity index is 416. The number of allylic oxidation sites excluding steroid dienone is 1. The van der Waals surface area contributed by atoms with E-state index in [4.69, 9.17) is 10.8 Å². The molecule has 0 amide bonds. The van der Waals surface area contributed by atoms with Crippen LogP contribution in [0.4, 0.5) is 5.69 Å². The Morgan fingerprint density at radius 3 is 2.94 bits per heavy atom. The fourth-order valence-corrected chi connectivity index (χ4v) is 1.90. The van der Waals surface area contributed by atoms with Gasteiger partial charge in [-0.15, -0.1) is 0 Å². The highest BCUT2D eigenvalue weighted by atomic mass is 32.2. The van der Waals surface area contributed by atoms with Crippen LogP contribution in [0, 0.1) is 0 Å². The number of rotatable bonds is 5. The molecule has 0 bridgehead atoms. The van der Waals surface area contributed by atoms with E-state index in [0.29, 0.717) is 5.69 Å². The van der Waals surface area contributed by atoms with Crippen molar-refractivity contribution in [1.82, 2.24) is 0 Å². The van der Waals surface area contributed by atoms with E-state index in [9.17, 15) is 4.79 Å². The van der Waals surface area contributed by atoms with Gasteiger partial charge in [0.05, 0.1) is 6.61 Å². The molecule has 0 radical (unpaired) electrons. The maximum atomic E-state index is 10.7. The molecule has 92 valence electrons. The molecular weight excluding hydrogens is 234 g/mol. The Balaban J connectivity index is 2.50. The molecule has 0 aliphatic heterocycles. The first-order valence-corrected chi connectivity index (χ1v) is 6.41. The molecule has 0 spiro atoms. The van der Waals surface area contributed by atoms with Crippen LogP contribution in [-0.2, 0) is 11.4 Å². The lowest BCUT2D eigenvalue weighted by molar-refractivity contribution is -0.109. The summed E-state index contributed by atoms with van der Waals surface area (Å²) in [6, 6.07) is 5.56. The SMILES string of the molecule is CC(=O)SCCC=Cc1ccc(N)c(CO)c1. The number of nitrogens with two attached hydrogens (primary N) is 1. The number of aliphatic hydroxyl groups excluding tert-OH is 1. The number of aliphatic hydroxyl groups is 1. The molecule has 4 heteroatoms. The molecule has 0 heterocycles. The quantitative estimate of drug-likeness (QED) is 0.623. The molecule has 0 unspecified atom stereocenters. The van der Waals surface area contributed by atoms with Crippen LogP contribution in [0.25, 0.3) is 6.08 Å². The van der Waals surface area contributed by atoms with Crippen molar-refractivity contribution in [2.45, 2.75) is 20.0 Å². The van der Waals surface area contributed by atoms with Gasteiger partial charge >= 0.3 is 0 Å². The Hall–Kier alpha value is -1.26. The lowest BCUT2D eigenvalue weighted by Crippen LogP contribution is -1.94. The Kier molecular flexibility index (Phi) is 5.80. The lowest BCUT2D eigenvalue weighted by atomic mass is 10.1. The second kappa shape index (κ2) is 7.14. The van der Waals surface area contributed by atoms with Crippen molar-refractivity contribution in [3.63, 3.8) is 0 Å². The average molecular weight is 251 g/mol. The smallest absolute Gasteiger partial charge is 0.185 e. The topological polar surface area (TPSA) is 63.3 Å². The maximum absolute atomic E-state index is 10.7. The van der Waals surface area contributed by atoms with Gasteiger partial charge in [-0.05, 0) is 24.1 Å². The zero-order valence-corrected chi connectivity index (χ0v) is 10.7. The zero-order valence-electron chi connectivity index (χ0n) is 9.85. The predicted octanol–water partition coefficient (Wildman–Crippen LogP) is 2.44. The fourth-order valence-electron chi connectivity index (χ4n) is 1.36. The average Bonchev–Trinajstić information content (AvgIpc) is 2.30. The van der Waals surface area contributed by atoms with Crippen molar-refractivity contribution in [3.8, 4) is 0 Å². The first kappa shape index (κ1) is 13.8. The van der Waals surface area contributed by atoms with Crippen LogP contribution in [0.15, 0.2) is 24.3 Å². The Morgan fingerprint density at radius 1 is 1.53 bits per heavy atom. The van der Waals surface area contributed by atoms with Gasteiger partial charge in [0.2, 0.25) is 0 Å². The summed E-state index contributed by atoms with van der Waals surface area (Å²) in [5, 5.41) is 9.22. The second-order valence-electron chi connectivity index (χ2n) is 3.65. The van der Waals surface area contributed by atoms with Crippen LogP contribution in [0.1, 0.15) is 24.5 Å². The number of carbonyl (C=O) groups is 1. The third-order valence-electron chi connectivity index (χ3n) is 2.24. The number of hydrogen-bond donors (Lipinski definition) is 2. The molecule has 0 aromatic heterocycles. The van der Waals surface area contributed by atoms with Crippen molar-refractivity contribution in [3.05, 3.63) is 35.4 Å². The molecule has 1 rings (SSSR count). The summed E-state index contributed by atoms with van der Waals surface area (Å²) >= 11 is 1.33. The molecule has 0 aliphatic rings. The van der Waals surface area contributed by atoms with E-state index in [1.54, 1.807) is 13.0 Å². The second-order valence-corrected chi connectivity index (χ2v) is 4.92. The van der Waals surface area contributed by atoms with Gasteiger partial charge in [0.15, 0.2) is 5.12 Å². The summed E-state index contributed by atoms with van der Waals surface area (Å²) in [4.78, 5) is 10.7. The normalized spacial score (nSPS) is 10.9. The summed E-state index contributed by atoms with van der Waals surface area (Å²) in [5.41, 5.74) is 8.04. The molecule has 17 heavy (non-hydrogen) atoms. The van der Waals surface area contributed by atoms with E-state index >= 15 is 0 Å². The zero-order chi connectivity index (χ0) is 12.7. The largest absolute Gasteiger partial charge is 0.398 e. The van der Waals surface area contributed by atoms with E-state index in [1.165, 1.54) is 11.8 Å². The molecule has 0 atom stereocenters. The molecule has 1 aromatic carbocycles. The maximum Gasteiger partial charge on any atom is 0.185 e. The number of thioether (sulfide) groups is 1. The summed E-state index contributed by atoms with van der Waals surface area (Å²) in [5.74, 6) is 0.799. The Morgan fingerprint density at radius 2 is 2.29 bits per heavy atom. The first-order chi connectivity index (χ1) is 8.13. The minimum atomic E-state index is -0.0479. The van der Waals surface area contributed by atoms with Gasteiger partial charge in [0.1, 0.15) is 0 Å². The Labute approximate surface area is 106 Å². The monoisotopic (exact) mass is 251 g/mol. The predicted molar refractivity (Wildman–Crippen MR) is 73.6 cm³/mol. The molecular formula is C13H17NO2S. The standard InChI is InChI=1S/C13H17NO2S/c1-10(16)17-7-3-2-4-11-5-6-13(14)12(8-11)9-15/h2,4-6,8,15H,3,7,9,14H2,1H3. The number of hydrogen-bond acceptors (Lipinski definition) is 4. The van der Waals surface area contributed by atoms with Crippen LogP contribution in [0.3, 0.4) is 0 Å². The minimum Gasteiger partial charge on any atom is -0.398 e.